The number of hydrogen-bond donors (Lipinski definition) is 2. The number of nitrogens with zero attached hydrogens (tertiary/aromatic N) is 1. The Morgan fingerprint density at radius 2 is 1.71 bits per heavy atom. The molecule has 0 spiro atoms. The van der Waals surface area contributed by atoms with E-state index in [9.17, 15) is 8.42 Å². The van der Waals surface area contributed by atoms with Crippen LogP contribution < -0.4 is 10.5 Å². The van der Waals surface area contributed by atoms with Crippen molar-refractivity contribution >= 4 is 15.7 Å². The fourth-order valence-electron chi connectivity index (χ4n) is 5.19. The van der Waals surface area contributed by atoms with Crippen LogP contribution >= 0.6 is 0 Å². The summed E-state index contributed by atoms with van der Waals surface area (Å²) in [7, 11) is -3.59. The van der Waals surface area contributed by atoms with Gasteiger partial charge in [0.05, 0.1) is 5.69 Å². The minimum atomic E-state index is -3.59. The van der Waals surface area contributed by atoms with Crippen LogP contribution in [-0.4, -0.2) is 18.9 Å². The van der Waals surface area contributed by atoms with Crippen molar-refractivity contribution in [3.8, 4) is 0 Å². The molecule has 4 saturated carbocycles. The highest BCUT2D eigenvalue weighted by molar-refractivity contribution is 7.89. The van der Waals surface area contributed by atoms with Crippen molar-refractivity contribution in [2.75, 3.05) is 5.73 Å². The van der Waals surface area contributed by atoms with Crippen molar-refractivity contribution in [2.24, 2.45) is 17.8 Å². The third-order valence-corrected chi connectivity index (χ3v) is 7.12. The van der Waals surface area contributed by atoms with E-state index < -0.39 is 10.0 Å². The van der Waals surface area contributed by atoms with E-state index in [0.29, 0.717) is 17.8 Å². The van der Waals surface area contributed by atoms with Crippen LogP contribution in [0.2, 0.25) is 0 Å². The second-order valence-electron chi connectivity index (χ2n) is 7.22. The van der Waals surface area contributed by atoms with Crippen LogP contribution in [0.15, 0.2) is 23.4 Å². The van der Waals surface area contributed by atoms with Crippen molar-refractivity contribution < 1.29 is 8.42 Å². The van der Waals surface area contributed by atoms with Crippen LogP contribution in [0.1, 0.15) is 38.5 Å². The summed E-state index contributed by atoms with van der Waals surface area (Å²) in [6, 6.07) is 1.54. The largest absolute Gasteiger partial charge is 0.398 e. The SMILES string of the molecule is Nc1ccncc1S(=O)(=O)NC12CC3CC(CC(C3)C1)C2. The molecule has 4 fully saturated rings. The van der Waals surface area contributed by atoms with Gasteiger partial charge in [0.1, 0.15) is 4.90 Å². The molecule has 0 saturated heterocycles. The molecule has 6 heteroatoms. The van der Waals surface area contributed by atoms with Crippen molar-refractivity contribution in [1.29, 1.82) is 0 Å². The number of pyridine rings is 1. The normalized spacial score (nSPS) is 37.8. The Hall–Kier alpha value is -1.14. The lowest BCUT2D eigenvalue weighted by molar-refractivity contribution is -0.00809. The standard InChI is InChI=1S/C15H21N3O2S/c16-13-1-2-17-9-14(13)21(19,20)18-15-6-10-3-11(7-15)5-12(4-10)8-15/h1-2,9-12,18H,3-8H2,(H2,16,17). The second kappa shape index (κ2) is 4.43. The van der Waals surface area contributed by atoms with Crippen LogP contribution in [-0.2, 0) is 10.0 Å². The molecule has 21 heavy (non-hydrogen) atoms. The Bertz CT molecular complexity index is 636. The summed E-state index contributed by atoms with van der Waals surface area (Å²) in [6.07, 6.45) is 9.68. The number of anilines is 1. The molecule has 4 aliphatic rings. The van der Waals surface area contributed by atoms with Gasteiger partial charge in [0.25, 0.3) is 0 Å². The molecule has 1 aromatic rings. The number of rotatable bonds is 3. The lowest BCUT2D eigenvalue weighted by atomic mass is 9.53. The number of nitrogens with one attached hydrogen (secondary N) is 1. The summed E-state index contributed by atoms with van der Waals surface area (Å²) in [4.78, 5) is 4.02. The average Bonchev–Trinajstić information content (AvgIpc) is 2.35. The van der Waals surface area contributed by atoms with Gasteiger partial charge in [-0.3, -0.25) is 4.98 Å². The van der Waals surface area contributed by atoms with Gasteiger partial charge in [0, 0.05) is 17.9 Å². The third kappa shape index (κ3) is 2.25. The fraction of sp³-hybridized carbons (Fsp3) is 0.667. The van der Waals surface area contributed by atoms with E-state index in [1.165, 1.54) is 37.7 Å². The highest BCUT2D eigenvalue weighted by Gasteiger charge is 2.52. The molecule has 4 aliphatic carbocycles. The maximum Gasteiger partial charge on any atom is 0.244 e. The van der Waals surface area contributed by atoms with Gasteiger partial charge in [-0.25, -0.2) is 13.1 Å². The molecule has 0 atom stereocenters. The number of nitrogens with two attached hydrogens (primary N) is 1. The molecule has 5 nitrogen and oxygen atoms in total. The molecule has 0 aromatic carbocycles. The van der Waals surface area contributed by atoms with E-state index in [-0.39, 0.29) is 16.1 Å². The molecule has 0 unspecified atom stereocenters. The Morgan fingerprint density at radius 1 is 1.14 bits per heavy atom. The Kier molecular flexibility index (Phi) is 2.85. The first-order valence-electron chi connectivity index (χ1n) is 7.69. The summed E-state index contributed by atoms with van der Waals surface area (Å²) in [5, 5.41) is 0. The number of hydrogen-bond acceptors (Lipinski definition) is 4. The van der Waals surface area contributed by atoms with E-state index in [1.807, 2.05) is 0 Å². The van der Waals surface area contributed by atoms with Gasteiger partial charge < -0.3 is 5.73 Å². The average molecular weight is 307 g/mol. The molecule has 3 N–H and O–H groups in total. The quantitative estimate of drug-likeness (QED) is 0.893. The molecule has 0 aliphatic heterocycles. The lowest BCUT2D eigenvalue weighted by Crippen LogP contribution is -2.59. The van der Waals surface area contributed by atoms with E-state index in [1.54, 1.807) is 0 Å². The van der Waals surface area contributed by atoms with Gasteiger partial charge in [-0.05, 0) is 62.3 Å². The van der Waals surface area contributed by atoms with E-state index in [4.69, 9.17) is 5.73 Å². The summed E-state index contributed by atoms with van der Waals surface area (Å²) in [5.74, 6) is 2.10. The Morgan fingerprint density at radius 3 is 2.24 bits per heavy atom. The molecule has 1 aromatic heterocycles. The minimum Gasteiger partial charge on any atom is -0.398 e. The first kappa shape index (κ1) is 13.5. The third-order valence-electron chi connectivity index (χ3n) is 5.50. The highest BCUT2D eigenvalue weighted by atomic mass is 32.2. The van der Waals surface area contributed by atoms with Gasteiger partial charge in [-0.2, -0.15) is 0 Å². The van der Waals surface area contributed by atoms with Gasteiger partial charge >= 0.3 is 0 Å². The zero-order valence-electron chi connectivity index (χ0n) is 12.0. The number of sulfonamides is 1. The van der Waals surface area contributed by atoms with Gasteiger partial charge in [-0.1, -0.05) is 0 Å². The van der Waals surface area contributed by atoms with Crippen LogP contribution in [0.25, 0.3) is 0 Å². The van der Waals surface area contributed by atoms with E-state index >= 15 is 0 Å². The van der Waals surface area contributed by atoms with Gasteiger partial charge in [0.15, 0.2) is 0 Å². The highest BCUT2D eigenvalue weighted by Crippen LogP contribution is 2.56. The summed E-state index contributed by atoms with van der Waals surface area (Å²) < 4.78 is 28.4. The fourth-order valence-corrected chi connectivity index (χ4v) is 6.70. The topological polar surface area (TPSA) is 85.1 Å². The molecule has 0 radical (unpaired) electrons. The van der Waals surface area contributed by atoms with Gasteiger partial charge in [-0.15, -0.1) is 0 Å². The number of aromatic nitrogens is 1. The van der Waals surface area contributed by atoms with Gasteiger partial charge in [0.2, 0.25) is 10.0 Å². The van der Waals surface area contributed by atoms with Crippen LogP contribution in [0.3, 0.4) is 0 Å². The maximum absolute atomic E-state index is 12.7. The van der Waals surface area contributed by atoms with E-state index in [0.717, 1.165) is 19.3 Å². The van der Waals surface area contributed by atoms with Crippen LogP contribution in [0, 0.1) is 17.8 Å². The summed E-state index contributed by atoms with van der Waals surface area (Å²) >= 11 is 0. The monoisotopic (exact) mass is 307 g/mol. The first-order valence-corrected chi connectivity index (χ1v) is 9.18. The zero-order chi connectivity index (χ0) is 14.7. The van der Waals surface area contributed by atoms with Crippen LogP contribution in [0.5, 0.6) is 0 Å². The van der Waals surface area contributed by atoms with Crippen LogP contribution in [0.4, 0.5) is 5.69 Å². The van der Waals surface area contributed by atoms with Crippen molar-refractivity contribution in [1.82, 2.24) is 9.71 Å². The molecule has 114 valence electrons. The maximum atomic E-state index is 12.7. The Labute approximate surface area is 125 Å². The minimum absolute atomic E-state index is 0.112. The second-order valence-corrected chi connectivity index (χ2v) is 8.87. The van der Waals surface area contributed by atoms with Crippen molar-refractivity contribution in [2.45, 2.75) is 49.0 Å². The molecular weight excluding hydrogens is 286 g/mol. The molecular formula is C15H21N3O2S. The molecule has 0 amide bonds. The molecule has 4 bridgehead atoms. The first-order chi connectivity index (χ1) is 9.96. The smallest absolute Gasteiger partial charge is 0.244 e. The zero-order valence-corrected chi connectivity index (χ0v) is 12.8. The Balaban J connectivity index is 1.65. The predicted molar refractivity (Wildman–Crippen MR) is 79.9 cm³/mol. The molecule has 1 heterocycles. The van der Waals surface area contributed by atoms with E-state index in [2.05, 4.69) is 9.71 Å². The summed E-state index contributed by atoms with van der Waals surface area (Å²) in [5.41, 5.74) is 5.84. The predicted octanol–water partition coefficient (Wildman–Crippen LogP) is 1.91. The van der Waals surface area contributed by atoms with Crippen molar-refractivity contribution in [3.63, 3.8) is 0 Å². The van der Waals surface area contributed by atoms with Crippen molar-refractivity contribution in [3.05, 3.63) is 18.5 Å². The summed E-state index contributed by atoms with van der Waals surface area (Å²) in [6.45, 7) is 0. The lowest BCUT2D eigenvalue weighted by Gasteiger charge is -2.56. The number of nitrogen functional groups attached to an aromatic ring is 1. The molecule has 5 rings (SSSR count).